The van der Waals surface area contributed by atoms with Gasteiger partial charge < -0.3 is 9.84 Å². The monoisotopic (exact) mass is 200 g/mol. The Morgan fingerprint density at radius 3 is 2.38 bits per heavy atom. The number of ether oxygens (including phenoxy) is 1. The van der Waals surface area contributed by atoms with Gasteiger partial charge in [0.1, 0.15) is 0 Å². The predicted molar refractivity (Wildman–Crippen MR) is 38.3 cm³/mol. The number of carboxylic acids is 1. The molecule has 0 bridgehead atoms. The van der Waals surface area contributed by atoms with Gasteiger partial charge in [0.25, 0.3) is 0 Å². The smallest absolute Gasteiger partial charge is 0.389 e. The standard InChI is InChI=1S/C7H11F3O3/c1-13-3-2-5(6(11)12)4-7(8,9)10/h5H,2-4H2,1H3,(H,11,12). The van der Waals surface area contributed by atoms with Gasteiger partial charge in [0.05, 0.1) is 12.3 Å². The Kier molecular flexibility index (Phi) is 4.76. The third-order valence-electron chi connectivity index (χ3n) is 1.50. The number of aliphatic carboxylic acids is 1. The zero-order valence-electron chi connectivity index (χ0n) is 7.10. The number of hydrogen-bond acceptors (Lipinski definition) is 2. The molecule has 1 atom stereocenters. The molecule has 0 saturated carbocycles. The fraction of sp³-hybridized carbons (Fsp3) is 0.857. The third kappa shape index (κ3) is 6.39. The second-order valence-electron chi connectivity index (χ2n) is 2.64. The fourth-order valence-electron chi connectivity index (χ4n) is 0.852. The molecule has 0 saturated heterocycles. The van der Waals surface area contributed by atoms with Crippen molar-refractivity contribution in [2.75, 3.05) is 13.7 Å². The van der Waals surface area contributed by atoms with Crippen LogP contribution in [0.1, 0.15) is 12.8 Å². The number of halogens is 3. The summed E-state index contributed by atoms with van der Waals surface area (Å²) in [6.45, 7) is 0.0209. The van der Waals surface area contributed by atoms with Crippen molar-refractivity contribution in [3.8, 4) is 0 Å². The first-order valence-corrected chi connectivity index (χ1v) is 3.65. The minimum absolute atomic E-state index is 0.0209. The van der Waals surface area contributed by atoms with Crippen molar-refractivity contribution in [3.63, 3.8) is 0 Å². The molecule has 0 aromatic rings. The quantitative estimate of drug-likeness (QED) is 0.734. The maximum Gasteiger partial charge on any atom is 0.389 e. The SMILES string of the molecule is COCCC(CC(F)(F)F)C(=O)O. The largest absolute Gasteiger partial charge is 0.481 e. The maximum atomic E-state index is 11.8. The van der Waals surface area contributed by atoms with Crippen LogP contribution in [0, 0.1) is 5.92 Å². The van der Waals surface area contributed by atoms with Crippen LogP contribution in [-0.2, 0) is 9.53 Å². The van der Waals surface area contributed by atoms with E-state index in [9.17, 15) is 18.0 Å². The van der Waals surface area contributed by atoms with E-state index < -0.39 is 24.5 Å². The van der Waals surface area contributed by atoms with E-state index in [1.807, 2.05) is 0 Å². The average Bonchev–Trinajstić information content (AvgIpc) is 1.95. The first-order valence-electron chi connectivity index (χ1n) is 3.65. The summed E-state index contributed by atoms with van der Waals surface area (Å²) in [6, 6.07) is 0. The van der Waals surface area contributed by atoms with Crippen molar-refractivity contribution in [1.29, 1.82) is 0 Å². The van der Waals surface area contributed by atoms with E-state index in [-0.39, 0.29) is 13.0 Å². The summed E-state index contributed by atoms with van der Waals surface area (Å²) in [6.07, 6.45) is -5.85. The van der Waals surface area contributed by atoms with Crippen LogP contribution in [0.15, 0.2) is 0 Å². The van der Waals surface area contributed by atoms with Gasteiger partial charge in [-0.1, -0.05) is 0 Å². The molecule has 0 amide bonds. The highest BCUT2D eigenvalue weighted by Gasteiger charge is 2.34. The lowest BCUT2D eigenvalue weighted by molar-refractivity contribution is -0.164. The molecular weight excluding hydrogens is 189 g/mol. The van der Waals surface area contributed by atoms with Gasteiger partial charge in [-0.3, -0.25) is 4.79 Å². The maximum absolute atomic E-state index is 11.8. The molecule has 0 aliphatic carbocycles. The van der Waals surface area contributed by atoms with Crippen molar-refractivity contribution >= 4 is 5.97 Å². The van der Waals surface area contributed by atoms with Crippen molar-refractivity contribution in [3.05, 3.63) is 0 Å². The molecule has 0 aliphatic heterocycles. The van der Waals surface area contributed by atoms with Gasteiger partial charge >= 0.3 is 12.1 Å². The summed E-state index contributed by atoms with van der Waals surface area (Å²) in [5, 5.41) is 8.41. The zero-order valence-corrected chi connectivity index (χ0v) is 7.10. The van der Waals surface area contributed by atoms with Crippen LogP contribution < -0.4 is 0 Å². The van der Waals surface area contributed by atoms with Crippen molar-refractivity contribution < 1.29 is 27.8 Å². The lowest BCUT2D eigenvalue weighted by atomic mass is 10.0. The van der Waals surface area contributed by atoms with Gasteiger partial charge in [0, 0.05) is 13.7 Å². The van der Waals surface area contributed by atoms with Crippen LogP contribution in [0.25, 0.3) is 0 Å². The van der Waals surface area contributed by atoms with Crippen LogP contribution >= 0.6 is 0 Å². The van der Waals surface area contributed by atoms with E-state index in [0.717, 1.165) is 0 Å². The number of rotatable bonds is 5. The molecule has 0 rings (SSSR count). The first kappa shape index (κ1) is 12.2. The Morgan fingerprint density at radius 1 is 1.54 bits per heavy atom. The molecule has 13 heavy (non-hydrogen) atoms. The molecule has 1 N–H and O–H groups in total. The zero-order chi connectivity index (χ0) is 10.5. The molecule has 0 aromatic heterocycles. The lowest BCUT2D eigenvalue weighted by Crippen LogP contribution is -2.23. The molecule has 0 fully saturated rings. The van der Waals surface area contributed by atoms with E-state index in [4.69, 9.17) is 5.11 Å². The number of hydrogen-bond donors (Lipinski definition) is 1. The van der Waals surface area contributed by atoms with Crippen LogP contribution in [-0.4, -0.2) is 31.0 Å². The molecular formula is C7H11F3O3. The van der Waals surface area contributed by atoms with Crippen molar-refractivity contribution in [1.82, 2.24) is 0 Å². The minimum Gasteiger partial charge on any atom is -0.481 e. The highest BCUT2D eigenvalue weighted by atomic mass is 19.4. The van der Waals surface area contributed by atoms with E-state index >= 15 is 0 Å². The van der Waals surface area contributed by atoms with Gasteiger partial charge in [-0.25, -0.2) is 0 Å². The Balaban J connectivity index is 4.03. The number of methoxy groups -OCH3 is 1. The molecule has 0 aliphatic rings. The Hall–Kier alpha value is -0.780. The van der Waals surface area contributed by atoms with Gasteiger partial charge in [0.2, 0.25) is 0 Å². The van der Waals surface area contributed by atoms with Crippen LogP contribution in [0.2, 0.25) is 0 Å². The number of carboxylic acid groups (broad SMARTS) is 1. The lowest BCUT2D eigenvalue weighted by Gasteiger charge is -2.13. The molecule has 78 valence electrons. The van der Waals surface area contributed by atoms with Gasteiger partial charge in [-0.15, -0.1) is 0 Å². The minimum atomic E-state index is -4.43. The molecule has 0 heterocycles. The number of carbonyl (C=O) groups is 1. The highest BCUT2D eigenvalue weighted by molar-refractivity contribution is 5.69. The Bertz CT molecular complexity index is 167. The average molecular weight is 200 g/mol. The van der Waals surface area contributed by atoms with E-state index in [1.54, 1.807) is 0 Å². The summed E-state index contributed by atoms with van der Waals surface area (Å²) in [7, 11) is 1.31. The molecule has 0 radical (unpaired) electrons. The molecule has 6 heteroatoms. The molecule has 0 aromatic carbocycles. The van der Waals surface area contributed by atoms with Gasteiger partial charge in [0.15, 0.2) is 0 Å². The molecule has 1 unspecified atom stereocenters. The second kappa shape index (κ2) is 5.06. The summed E-state index contributed by atoms with van der Waals surface area (Å²) < 4.78 is 39.9. The summed E-state index contributed by atoms with van der Waals surface area (Å²) in [4.78, 5) is 10.3. The summed E-state index contributed by atoms with van der Waals surface area (Å²) >= 11 is 0. The Morgan fingerprint density at radius 2 is 2.08 bits per heavy atom. The van der Waals surface area contributed by atoms with Crippen LogP contribution in [0.4, 0.5) is 13.2 Å². The van der Waals surface area contributed by atoms with Gasteiger partial charge in [-0.05, 0) is 6.42 Å². The Labute approximate surface area is 73.5 Å². The van der Waals surface area contributed by atoms with Crippen LogP contribution in [0.5, 0.6) is 0 Å². The second-order valence-corrected chi connectivity index (χ2v) is 2.64. The fourth-order valence-corrected chi connectivity index (χ4v) is 0.852. The normalized spacial score (nSPS) is 14.2. The third-order valence-corrected chi connectivity index (χ3v) is 1.50. The topological polar surface area (TPSA) is 46.5 Å². The van der Waals surface area contributed by atoms with Gasteiger partial charge in [-0.2, -0.15) is 13.2 Å². The summed E-state index contributed by atoms with van der Waals surface area (Å²) in [5.74, 6) is -2.84. The van der Waals surface area contributed by atoms with E-state index in [2.05, 4.69) is 4.74 Å². The van der Waals surface area contributed by atoms with E-state index in [0.29, 0.717) is 0 Å². The predicted octanol–water partition coefficient (Wildman–Crippen LogP) is 1.68. The number of alkyl halides is 3. The van der Waals surface area contributed by atoms with Crippen LogP contribution in [0.3, 0.4) is 0 Å². The summed E-state index contributed by atoms with van der Waals surface area (Å²) in [5.41, 5.74) is 0. The molecule has 0 spiro atoms. The highest BCUT2D eigenvalue weighted by Crippen LogP contribution is 2.26. The molecule has 3 nitrogen and oxygen atoms in total. The first-order chi connectivity index (χ1) is 5.87. The van der Waals surface area contributed by atoms with Crippen molar-refractivity contribution in [2.24, 2.45) is 5.92 Å². The van der Waals surface area contributed by atoms with Crippen molar-refractivity contribution in [2.45, 2.75) is 19.0 Å². The van der Waals surface area contributed by atoms with E-state index in [1.165, 1.54) is 7.11 Å².